The average molecular weight is 256 g/mol. The van der Waals surface area contributed by atoms with E-state index in [1.54, 1.807) is 6.07 Å². The molecule has 0 fully saturated rings. The van der Waals surface area contributed by atoms with Gasteiger partial charge in [0.15, 0.2) is 5.15 Å². The topological polar surface area (TPSA) is 62.5 Å². The summed E-state index contributed by atoms with van der Waals surface area (Å²) in [4.78, 5) is 0. The second-order valence-corrected chi connectivity index (χ2v) is 4.18. The van der Waals surface area contributed by atoms with Crippen LogP contribution in [0.1, 0.15) is 33.6 Å². The second kappa shape index (κ2) is 7.17. The summed E-state index contributed by atoms with van der Waals surface area (Å²) in [5, 5.41) is 19.5. The van der Waals surface area contributed by atoms with E-state index >= 15 is 0 Å². The lowest BCUT2D eigenvalue weighted by Crippen LogP contribution is -1.99. The van der Waals surface area contributed by atoms with Crippen molar-refractivity contribution in [2.24, 2.45) is 10.2 Å². The van der Waals surface area contributed by atoms with Crippen LogP contribution in [-0.4, -0.2) is 22.8 Å². The predicted octanol–water partition coefficient (Wildman–Crippen LogP) is 3.83. The number of azo groups is 1. The second-order valence-electron chi connectivity index (χ2n) is 3.79. The molecule has 1 aromatic heterocycles. The Morgan fingerprint density at radius 2 is 2.18 bits per heavy atom. The SMILES string of the molecule is CCCC(C)N=Nc1nnc(Cl)cc1NCC. The van der Waals surface area contributed by atoms with E-state index in [4.69, 9.17) is 11.6 Å². The molecule has 0 aliphatic carbocycles. The molecule has 1 rings (SSSR count). The largest absolute Gasteiger partial charge is 0.382 e. The highest BCUT2D eigenvalue weighted by molar-refractivity contribution is 6.29. The van der Waals surface area contributed by atoms with E-state index in [2.05, 4.69) is 32.7 Å². The number of halogens is 1. The van der Waals surface area contributed by atoms with Crippen molar-refractivity contribution in [2.45, 2.75) is 39.7 Å². The first kappa shape index (κ1) is 13.8. The van der Waals surface area contributed by atoms with E-state index < -0.39 is 0 Å². The minimum absolute atomic E-state index is 0.201. The fourth-order valence-electron chi connectivity index (χ4n) is 1.38. The van der Waals surface area contributed by atoms with Crippen molar-refractivity contribution in [3.8, 4) is 0 Å². The Bertz CT molecular complexity index is 380. The smallest absolute Gasteiger partial charge is 0.219 e. The van der Waals surface area contributed by atoms with Crippen molar-refractivity contribution < 1.29 is 0 Å². The molecule has 6 heteroatoms. The minimum Gasteiger partial charge on any atom is -0.382 e. The summed E-state index contributed by atoms with van der Waals surface area (Å²) in [5.41, 5.74) is 0.764. The van der Waals surface area contributed by atoms with Gasteiger partial charge < -0.3 is 5.32 Å². The first-order valence-electron chi connectivity index (χ1n) is 5.85. The molecule has 0 radical (unpaired) electrons. The number of hydrogen-bond acceptors (Lipinski definition) is 5. The number of rotatable bonds is 6. The minimum atomic E-state index is 0.201. The molecule has 5 nitrogen and oxygen atoms in total. The van der Waals surface area contributed by atoms with Crippen LogP contribution in [-0.2, 0) is 0 Å². The van der Waals surface area contributed by atoms with Gasteiger partial charge in [-0.3, -0.25) is 0 Å². The Morgan fingerprint density at radius 3 is 2.82 bits per heavy atom. The zero-order valence-corrected chi connectivity index (χ0v) is 11.2. The van der Waals surface area contributed by atoms with Gasteiger partial charge in [0.25, 0.3) is 0 Å². The van der Waals surface area contributed by atoms with E-state index in [9.17, 15) is 0 Å². The van der Waals surface area contributed by atoms with Gasteiger partial charge in [-0.1, -0.05) is 24.9 Å². The zero-order chi connectivity index (χ0) is 12.7. The van der Waals surface area contributed by atoms with Gasteiger partial charge in [-0.25, -0.2) is 0 Å². The third-order valence-corrected chi connectivity index (χ3v) is 2.35. The van der Waals surface area contributed by atoms with Crippen LogP contribution in [0.15, 0.2) is 16.3 Å². The van der Waals surface area contributed by atoms with E-state index in [1.165, 1.54) is 0 Å². The summed E-state index contributed by atoms with van der Waals surface area (Å²) in [6.07, 6.45) is 2.10. The van der Waals surface area contributed by atoms with Crippen LogP contribution in [0, 0.1) is 0 Å². The molecule has 1 atom stereocenters. The molecule has 0 spiro atoms. The number of aromatic nitrogens is 2. The van der Waals surface area contributed by atoms with Crippen LogP contribution >= 0.6 is 11.6 Å². The maximum atomic E-state index is 5.78. The molecule has 0 bridgehead atoms. The molecule has 0 aliphatic heterocycles. The van der Waals surface area contributed by atoms with Gasteiger partial charge in [0, 0.05) is 12.6 Å². The maximum Gasteiger partial charge on any atom is 0.219 e. The molecule has 0 saturated heterocycles. The molecule has 0 aliphatic rings. The number of nitrogens with one attached hydrogen (secondary N) is 1. The molecule has 1 aromatic rings. The monoisotopic (exact) mass is 255 g/mol. The van der Waals surface area contributed by atoms with E-state index in [0.29, 0.717) is 11.0 Å². The summed E-state index contributed by atoms with van der Waals surface area (Å²) in [7, 11) is 0. The van der Waals surface area contributed by atoms with Gasteiger partial charge in [-0.15, -0.1) is 15.3 Å². The van der Waals surface area contributed by atoms with Crippen molar-refractivity contribution >= 4 is 23.1 Å². The van der Waals surface area contributed by atoms with Crippen molar-refractivity contribution in [3.63, 3.8) is 0 Å². The summed E-state index contributed by atoms with van der Waals surface area (Å²) in [5.74, 6) is 0.485. The first-order valence-corrected chi connectivity index (χ1v) is 6.23. The Morgan fingerprint density at radius 1 is 1.41 bits per heavy atom. The third kappa shape index (κ3) is 4.65. The van der Waals surface area contributed by atoms with Crippen LogP contribution < -0.4 is 5.32 Å². The zero-order valence-electron chi connectivity index (χ0n) is 10.4. The fraction of sp³-hybridized carbons (Fsp3) is 0.636. The van der Waals surface area contributed by atoms with Crippen LogP contribution in [0.4, 0.5) is 11.5 Å². The summed E-state index contributed by atoms with van der Waals surface area (Å²) in [6, 6.07) is 1.91. The van der Waals surface area contributed by atoms with Gasteiger partial charge in [-0.05, 0) is 20.3 Å². The number of anilines is 1. The summed E-state index contributed by atoms with van der Waals surface area (Å²) >= 11 is 5.78. The van der Waals surface area contributed by atoms with Crippen LogP contribution in [0.3, 0.4) is 0 Å². The Hall–Kier alpha value is -1.23. The Kier molecular flexibility index (Phi) is 5.83. The number of nitrogens with zero attached hydrogens (tertiary/aromatic N) is 4. The first-order chi connectivity index (χ1) is 8.17. The molecule has 0 saturated carbocycles. The van der Waals surface area contributed by atoms with Crippen molar-refractivity contribution in [1.82, 2.24) is 10.2 Å². The Labute approximate surface area is 107 Å². The van der Waals surface area contributed by atoms with Gasteiger partial charge in [0.2, 0.25) is 5.82 Å². The van der Waals surface area contributed by atoms with Crippen LogP contribution in [0.25, 0.3) is 0 Å². The molecular weight excluding hydrogens is 238 g/mol. The lowest BCUT2D eigenvalue weighted by atomic mass is 10.2. The van der Waals surface area contributed by atoms with Gasteiger partial charge in [0.1, 0.15) is 0 Å². The highest BCUT2D eigenvalue weighted by atomic mass is 35.5. The molecule has 0 aromatic carbocycles. The highest BCUT2D eigenvalue weighted by Crippen LogP contribution is 2.24. The summed E-state index contributed by atoms with van der Waals surface area (Å²) < 4.78 is 0. The molecule has 0 amide bonds. The average Bonchev–Trinajstić information content (AvgIpc) is 2.29. The molecular formula is C11H18ClN5. The van der Waals surface area contributed by atoms with Gasteiger partial charge in [-0.2, -0.15) is 5.11 Å². The standard InChI is InChI=1S/C11H18ClN5/c1-4-6-8(3)14-16-11-9(13-5-2)7-10(12)15-17-11/h7-8H,4-6H2,1-3H3,(H,13,15). The van der Waals surface area contributed by atoms with Crippen molar-refractivity contribution in [1.29, 1.82) is 0 Å². The summed E-state index contributed by atoms with van der Waals surface area (Å²) in [6.45, 7) is 6.92. The molecule has 1 unspecified atom stereocenters. The van der Waals surface area contributed by atoms with E-state index in [-0.39, 0.29) is 6.04 Å². The normalized spacial score (nSPS) is 12.9. The molecule has 1 heterocycles. The lowest BCUT2D eigenvalue weighted by Gasteiger charge is -2.06. The van der Waals surface area contributed by atoms with Gasteiger partial charge in [0.05, 0.1) is 11.7 Å². The fourth-order valence-corrected chi connectivity index (χ4v) is 1.53. The van der Waals surface area contributed by atoms with E-state index in [1.807, 2.05) is 13.8 Å². The van der Waals surface area contributed by atoms with Gasteiger partial charge >= 0.3 is 0 Å². The van der Waals surface area contributed by atoms with Crippen molar-refractivity contribution in [3.05, 3.63) is 11.2 Å². The Balaban J connectivity index is 2.82. The van der Waals surface area contributed by atoms with Crippen LogP contribution in [0.5, 0.6) is 0 Å². The maximum absolute atomic E-state index is 5.78. The number of hydrogen-bond donors (Lipinski definition) is 1. The lowest BCUT2D eigenvalue weighted by molar-refractivity contribution is 0.627. The quantitative estimate of drug-likeness (QED) is 0.786. The predicted molar refractivity (Wildman–Crippen MR) is 70.1 cm³/mol. The van der Waals surface area contributed by atoms with Crippen LogP contribution in [0.2, 0.25) is 5.15 Å². The molecule has 1 N–H and O–H groups in total. The third-order valence-electron chi connectivity index (χ3n) is 2.17. The molecule has 17 heavy (non-hydrogen) atoms. The molecule has 94 valence electrons. The van der Waals surface area contributed by atoms with Crippen molar-refractivity contribution in [2.75, 3.05) is 11.9 Å². The highest BCUT2D eigenvalue weighted by Gasteiger charge is 2.05. The van der Waals surface area contributed by atoms with E-state index in [0.717, 1.165) is 25.1 Å².